The third-order valence-electron chi connectivity index (χ3n) is 1.07. The van der Waals surface area contributed by atoms with E-state index in [9.17, 15) is 4.79 Å². The summed E-state index contributed by atoms with van der Waals surface area (Å²) in [4.78, 5) is 10.6. The van der Waals surface area contributed by atoms with Crippen LogP contribution in [0.5, 0.6) is 0 Å². The number of ether oxygens (including phenoxy) is 1. The van der Waals surface area contributed by atoms with Gasteiger partial charge in [-0.2, -0.15) is 5.26 Å². The molecular formula is C6H11ClN2O2. The normalized spacial score (nSPS) is 10.6. The largest absolute Gasteiger partial charge is 0.468 e. The Hall–Kier alpha value is -0.790. The van der Waals surface area contributed by atoms with Crippen molar-refractivity contribution < 1.29 is 9.53 Å². The molecule has 0 radical (unpaired) electrons. The molecule has 0 heterocycles. The molecule has 0 amide bonds. The Kier molecular flexibility index (Phi) is 8.55. The summed E-state index contributed by atoms with van der Waals surface area (Å²) < 4.78 is 4.34. The van der Waals surface area contributed by atoms with Gasteiger partial charge in [-0.05, 0) is 6.42 Å². The van der Waals surface area contributed by atoms with Gasteiger partial charge < -0.3 is 10.5 Å². The zero-order valence-electron chi connectivity index (χ0n) is 6.24. The van der Waals surface area contributed by atoms with E-state index in [1.807, 2.05) is 6.07 Å². The third kappa shape index (κ3) is 5.64. The van der Waals surface area contributed by atoms with Gasteiger partial charge in [0.2, 0.25) is 0 Å². The van der Waals surface area contributed by atoms with Crippen LogP contribution in [0.15, 0.2) is 0 Å². The van der Waals surface area contributed by atoms with Crippen molar-refractivity contribution in [1.82, 2.24) is 0 Å². The molecule has 0 aliphatic rings. The first-order valence-corrected chi connectivity index (χ1v) is 2.92. The number of hydrogen-bond acceptors (Lipinski definition) is 4. The van der Waals surface area contributed by atoms with Gasteiger partial charge in [0.15, 0.2) is 0 Å². The molecule has 0 aliphatic heterocycles. The van der Waals surface area contributed by atoms with Crippen molar-refractivity contribution in [3.05, 3.63) is 0 Å². The molecule has 0 rings (SSSR count). The van der Waals surface area contributed by atoms with E-state index in [4.69, 9.17) is 11.0 Å². The average molecular weight is 179 g/mol. The lowest BCUT2D eigenvalue weighted by atomic mass is 10.2. The highest BCUT2D eigenvalue weighted by Gasteiger charge is 2.11. The lowest BCUT2D eigenvalue weighted by Gasteiger charge is -2.04. The number of rotatable bonds is 3. The minimum absolute atomic E-state index is 0. The summed E-state index contributed by atoms with van der Waals surface area (Å²) in [6, 6.07) is 1.24. The number of carbonyl (C=O) groups excluding carboxylic acids is 1. The smallest absolute Gasteiger partial charge is 0.322 e. The SMILES string of the molecule is COC(=O)[C@H](N)CCC#N.Cl. The standard InChI is InChI=1S/C6H10N2O2.ClH/c1-10-6(9)5(8)3-2-4-7;/h5H,2-3,8H2,1H3;1H/t5-;/m1./s1. The second-order valence-corrected chi connectivity index (χ2v) is 1.83. The van der Waals surface area contributed by atoms with Gasteiger partial charge in [-0.25, -0.2) is 0 Å². The van der Waals surface area contributed by atoms with Gasteiger partial charge in [-0.3, -0.25) is 4.79 Å². The van der Waals surface area contributed by atoms with Crippen molar-refractivity contribution in [2.45, 2.75) is 18.9 Å². The number of nitrogens with two attached hydrogens (primary N) is 1. The first-order chi connectivity index (χ1) is 4.72. The van der Waals surface area contributed by atoms with Gasteiger partial charge >= 0.3 is 5.97 Å². The maximum atomic E-state index is 10.6. The molecule has 0 spiro atoms. The number of hydrogen-bond donors (Lipinski definition) is 1. The Balaban J connectivity index is 0. The summed E-state index contributed by atoms with van der Waals surface area (Å²) in [5.41, 5.74) is 5.29. The molecule has 64 valence electrons. The molecule has 0 saturated heterocycles. The van der Waals surface area contributed by atoms with Crippen molar-refractivity contribution in [2.24, 2.45) is 5.73 Å². The number of nitrogens with zero attached hydrogens (tertiary/aromatic N) is 1. The van der Waals surface area contributed by atoms with Crippen molar-refractivity contribution in [1.29, 1.82) is 5.26 Å². The fourth-order valence-electron chi connectivity index (χ4n) is 0.489. The van der Waals surface area contributed by atoms with E-state index in [1.54, 1.807) is 0 Å². The summed E-state index contributed by atoms with van der Waals surface area (Å²) >= 11 is 0. The van der Waals surface area contributed by atoms with Crippen LogP contribution >= 0.6 is 12.4 Å². The van der Waals surface area contributed by atoms with Crippen LogP contribution in [0.4, 0.5) is 0 Å². The van der Waals surface area contributed by atoms with Gasteiger partial charge in [0, 0.05) is 6.42 Å². The summed E-state index contributed by atoms with van der Waals surface area (Å²) in [5.74, 6) is -0.463. The summed E-state index contributed by atoms with van der Waals surface area (Å²) in [6.07, 6.45) is 0.652. The topological polar surface area (TPSA) is 76.1 Å². The fourth-order valence-corrected chi connectivity index (χ4v) is 0.489. The monoisotopic (exact) mass is 178 g/mol. The van der Waals surface area contributed by atoms with E-state index in [0.29, 0.717) is 6.42 Å². The molecule has 5 heteroatoms. The molecule has 0 aromatic heterocycles. The van der Waals surface area contributed by atoms with Crippen LogP contribution in [0, 0.1) is 11.3 Å². The molecular weight excluding hydrogens is 168 g/mol. The lowest BCUT2D eigenvalue weighted by molar-refractivity contribution is -0.142. The van der Waals surface area contributed by atoms with Gasteiger partial charge in [-0.1, -0.05) is 0 Å². The highest BCUT2D eigenvalue weighted by atomic mass is 35.5. The highest BCUT2D eigenvalue weighted by Crippen LogP contribution is 1.94. The average Bonchev–Trinajstić information content (AvgIpc) is 1.98. The third-order valence-corrected chi connectivity index (χ3v) is 1.07. The van der Waals surface area contributed by atoms with Gasteiger partial charge in [-0.15, -0.1) is 12.4 Å². The van der Waals surface area contributed by atoms with Crippen LogP contribution < -0.4 is 5.73 Å². The van der Waals surface area contributed by atoms with Crippen LogP contribution in [0.1, 0.15) is 12.8 Å². The molecule has 2 N–H and O–H groups in total. The molecule has 4 nitrogen and oxygen atoms in total. The maximum Gasteiger partial charge on any atom is 0.322 e. The minimum atomic E-state index is -0.648. The predicted octanol–water partition coefficient (Wildman–Crippen LogP) is 0.212. The lowest BCUT2D eigenvalue weighted by Crippen LogP contribution is -2.31. The van der Waals surface area contributed by atoms with Crippen molar-refractivity contribution in [3.63, 3.8) is 0 Å². The first-order valence-electron chi connectivity index (χ1n) is 2.92. The summed E-state index contributed by atoms with van der Waals surface area (Å²) in [7, 11) is 1.27. The molecule has 0 fully saturated rings. The Morgan fingerprint density at radius 3 is 2.73 bits per heavy atom. The van der Waals surface area contributed by atoms with Crippen LogP contribution in [-0.4, -0.2) is 19.1 Å². The van der Waals surface area contributed by atoms with Crippen LogP contribution in [0.3, 0.4) is 0 Å². The number of nitriles is 1. The second-order valence-electron chi connectivity index (χ2n) is 1.83. The number of carbonyl (C=O) groups is 1. The Labute approximate surface area is 71.7 Å². The zero-order valence-corrected chi connectivity index (χ0v) is 7.06. The van der Waals surface area contributed by atoms with E-state index < -0.39 is 12.0 Å². The molecule has 0 aromatic rings. The van der Waals surface area contributed by atoms with E-state index in [1.165, 1.54) is 7.11 Å². The molecule has 11 heavy (non-hydrogen) atoms. The molecule has 0 saturated carbocycles. The fraction of sp³-hybridized carbons (Fsp3) is 0.667. The van der Waals surface area contributed by atoms with E-state index in [-0.39, 0.29) is 18.8 Å². The highest BCUT2D eigenvalue weighted by molar-refractivity contribution is 5.85. The zero-order chi connectivity index (χ0) is 7.98. The summed E-state index contributed by atoms with van der Waals surface area (Å²) in [6.45, 7) is 0. The quantitative estimate of drug-likeness (QED) is 0.627. The molecule has 0 bridgehead atoms. The Bertz CT molecular complexity index is 155. The van der Waals surface area contributed by atoms with Crippen molar-refractivity contribution in [2.75, 3.05) is 7.11 Å². The van der Waals surface area contributed by atoms with Crippen LogP contribution in [0.25, 0.3) is 0 Å². The second kappa shape index (κ2) is 7.32. The maximum absolute atomic E-state index is 10.6. The van der Waals surface area contributed by atoms with Crippen LogP contribution in [-0.2, 0) is 9.53 Å². The minimum Gasteiger partial charge on any atom is -0.468 e. The molecule has 1 atom stereocenters. The summed E-state index contributed by atoms with van der Waals surface area (Å²) in [5, 5.41) is 8.11. The van der Waals surface area contributed by atoms with E-state index >= 15 is 0 Å². The number of halogens is 1. The number of esters is 1. The molecule has 0 aliphatic carbocycles. The van der Waals surface area contributed by atoms with Gasteiger partial charge in [0.25, 0.3) is 0 Å². The van der Waals surface area contributed by atoms with Gasteiger partial charge in [0.1, 0.15) is 6.04 Å². The molecule has 0 unspecified atom stereocenters. The first kappa shape index (κ1) is 12.8. The Morgan fingerprint density at radius 2 is 2.36 bits per heavy atom. The van der Waals surface area contributed by atoms with E-state index in [2.05, 4.69) is 4.74 Å². The van der Waals surface area contributed by atoms with Crippen molar-refractivity contribution >= 4 is 18.4 Å². The Morgan fingerprint density at radius 1 is 1.82 bits per heavy atom. The number of methoxy groups -OCH3 is 1. The van der Waals surface area contributed by atoms with Gasteiger partial charge in [0.05, 0.1) is 13.2 Å². The van der Waals surface area contributed by atoms with Crippen molar-refractivity contribution in [3.8, 4) is 6.07 Å². The van der Waals surface area contributed by atoms with E-state index in [0.717, 1.165) is 0 Å². The van der Waals surface area contributed by atoms with Crippen LogP contribution in [0.2, 0.25) is 0 Å². The predicted molar refractivity (Wildman–Crippen MR) is 42.1 cm³/mol. The molecule has 0 aromatic carbocycles.